The van der Waals surface area contributed by atoms with Gasteiger partial charge in [-0.25, -0.2) is 0 Å². The van der Waals surface area contributed by atoms with Gasteiger partial charge in [-0.1, -0.05) is 50.8 Å². The zero-order valence-electron chi connectivity index (χ0n) is 12.8. The maximum absolute atomic E-state index is 6.03. The Morgan fingerprint density at radius 3 is 2.62 bits per heavy atom. The van der Waals surface area contributed by atoms with Crippen LogP contribution < -0.4 is 5.73 Å². The molecule has 0 unspecified atom stereocenters. The summed E-state index contributed by atoms with van der Waals surface area (Å²) in [7, 11) is 1.80. The van der Waals surface area contributed by atoms with E-state index < -0.39 is 0 Å². The molecule has 9 heteroatoms. The van der Waals surface area contributed by atoms with Crippen molar-refractivity contribution in [3.8, 4) is 0 Å². The highest BCUT2D eigenvalue weighted by atomic mass is 32.2. The number of azo groups is 1. The molecule has 0 saturated carbocycles. The monoisotopic (exact) mass is 325 g/mol. The summed E-state index contributed by atoms with van der Waals surface area (Å²) < 4.78 is 2.51. The second kappa shape index (κ2) is 6.10. The minimum absolute atomic E-state index is 0.159. The van der Waals surface area contributed by atoms with Crippen LogP contribution in [0.5, 0.6) is 0 Å². The first-order valence-electron chi connectivity index (χ1n) is 6.54. The van der Waals surface area contributed by atoms with E-state index >= 15 is 0 Å². The molecule has 2 aromatic heterocycles. The Balaban J connectivity index is 2.31. The lowest BCUT2D eigenvalue weighted by atomic mass is 9.91. The van der Waals surface area contributed by atoms with E-state index in [4.69, 9.17) is 5.73 Å². The topological polar surface area (TPSA) is 94.3 Å². The van der Waals surface area contributed by atoms with Crippen LogP contribution in [0.25, 0.3) is 0 Å². The molecule has 2 N–H and O–H groups in total. The van der Waals surface area contributed by atoms with Crippen molar-refractivity contribution in [2.75, 3.05) is 11.5 Å². The van der Waals surface area contributed by atoms with Crippen molar-refractivity contribution in [1.82, 2.24) is 20.0 Å². The van der Waals surface area contributed by atoms with Gasteiger partial charge in [-0.15, -0.1) is 20.4 Å². The lowest BCUT2D eigenvalue weighted by molar-refractivity contribution is 0.554. The Morgan fingerprint density at radius 2 is 2.00 bits per heavy atom. The molecule has 114 valence electrons. The second-order valence-corrected chi connectivity index (χ2v) is 7.91. The van der Waals surface area contributed by atoms with E-state index in [1.807, 2.05) is 0 Å². The maximum Gasteiger partial charge on any atom is 0.252 e. The smallest absolute Gasteiger partial charge is 0.252 e. The van der Waals surface area contributed by atoms with E-state index in [0.29, 0.717) is 16.6 Å². The quantitative estimate of drug-likeness (QED) is 0.683. The molecule has 0 aliphatic rings. The molecule has 0 fully saturated rings. The average molecular weight is 325 g/mol. The van der Waals surface area contributed by atoms with Gasteiger partial charge in [-0.2, -0.15) is 5.10 Å². The number of aromatic nitrogens is 4. The number of nitrogen functional groups attached to an aromatic ring is 1. The zero-order chi connectivity index (χ0) is 15.6. The van der Waals surface area contributed by atoms with Crippen molar-refractivity contribution < 1.29 is 0 Å². The van der Waals surface area contributed by atoms with Crippen LogP contribution in [0, 0.1) is 0 Å². The SMILES string of the molecule is CCSc1nnc(/N=N/c2c(C(C)(C)C)nn(C)c2N)s1. The number of aryl methyl sites for hydroxylation is 1. The van der Waals surface area contributed by atoms with Crippen molar-refractivity contribution >= 4 is 39.7 Å². The number of hydrogen-bond acceptors (Lipinski definition) is 8. The fraction of sp³-hybridized carbons (Fsp3) is 0.583. The van der Waals surface area contributed by atoms with E-state index in [-0.39, 0.29) is 5.41 Å². The largest absolute Gasteiger partial charge is 0.382 e. The number of nitrogens with two attached hydrogens (primary N) is 1. The summed E-state index contributed by atoms with van der Waals surface area (Å²) in [6.07, 6.45) is 0. The zero-order valence-corrected chi connectivity index (χ0v) is 14.4. The van der Waals surface area contributed by atoms with E-state index in [1.54, 1.807) is 23.5 Å². The summed E-state index contributed by atoms with van der Waals surface area (Å²) in [5, 5.41) is 21.4. The molecule has 7 nitrogen and oxygen atoms in total. The maximum atomic E-state index is 6.03. The Kier molecular flexibility index (Phi) is 4.62. The summed E-state index contributed by atoms with van der Waals surface area (Å²) >= 11 is 3.05. The van der Waals surface area contributed by atoms with E-state index in [1.165, 1.54) is 11.3 Å². The van der Waals surface area contributed by atoms with Gasteiger partial charge in [-0.05, 0) is 5.75 Å². The first-order valence-corrected chi connectivity index (χ1v) is 8.34. The van der Waals surface area contributed by atoms with Gasteiger partial charge < -0.3 is 5.73 Å². The fourth-order valence-corrected chi connectivity index (χ4v) is 3.21. The van der Waals surface area contributed by atoms with Crippen LogP contribution in [0.1, 0.15) is 33.4 Å². The van der Waals surface area contributed by atoms with Crippen LogP contribution >= 0.6 is 23.1 Å². The van der Waals surface area contributed by atoms with Gasteiger partial charge in [0, 0.05) is 12.5 Å². The Labute approximate surface area is 132 Å². The van der Waals surface area contributed by atoms with Crippen molar-refractivity contribution in [2.45, 2.75) is 37.4 Å². The van der Waals surface area contributed by atoms with Crippen LogP contribution in [0.15, 0.2) is 14.6 Å². The molecular weight excluding hydrogens is 306 g/mol. The van der Waals surface area contributed by atoms with E-state index in [0.717, 1.165) is 15.8 Å². The standard InChI is InChI=1S/C12H19N7S2/c1-6-20-11-17-16-10(21-11)15-14-7-8(12(2,3)4)18-19(5)9(7)13/h6,13H2,1-5H3/b15-14+. The van der Waals surface area contributed by atoms with Gasteiger partial charge in [0.05, 0.1) is 5.69 Å². The minimum Gasteiger partial charge on any atom is -0.382 e. The molecule has 0 spiro atoms. The van der Waals surface area contributed by atoms with Gasteiger partial charge in [0.15, 0.2) is 10.0 Å². The Hall–Kier alpha value is -1.48. The van der Waals surface area contributed by atoms with Crippen LogP contribution in [-0.4, -0.2) is 25.7 Å². The van der Waals surface area contributed by atoms with Crippen LogP contribution in [-0.2, 0) is 12.5 Å². The third kappa shape index (κ3) is 3.59. The predicted octanol–water partition coefficient (Wildman–Crippen LogP) is 3.68. The first kappa shape index (κ1) is 15.9. The summed E-state index contributed by atoms with van der Waals surface area (Å²) in [5.41, 5.74) is 7.29. The molecule has 21 heavy (non-hydrogen) atoms. The number of nitrogens with zero attached hydrogens (tertiary/aromatic N) is 6. The first-order chi connectivity index (χ1) is 9.82. The third-order valence-corrected chi connectivity index (χ3v) is 4.50. The van der Waals surface area contributed by atoms with Crippen molar-refractivity contribution in [3.63, 3.8) is 0 Å². The lowest BCUT2D eigenvalue weighted by Crippen LogP contribution is -2.12. The minimum atomic E-state index is -0.159. The Bertz CT molecular complexity index is 651. The number of anilines is 1. The lowest BCUT2D eigenvalue weighted by Gasteiger charge is -2.15. The molecule has 0 atom stereocenters. The van der Waals surface area contributed by atoms with Crippen LogP contribution in [0.2, 0.25) is 0 Å². The van der Waals surface area contributed by atoms with Gasteiger partial charge in [0.2, 0.25) is 0 Å². The van der Waals surface area contributed by atoms with Crippen molar-refractivity contribution in [3.05, 3.63) is 5.69 Å². The molecule has 0 aliphatic heterocycles. The molecule has 2 rings (SSSR count). The molecule has 0 aromatic carbocycles. The molecule has 0 radical (unpaired) electrons. The molecular formula is C12H19N7S2. The highest BCUT2D eigenvalue weighted by molar-refractivity contribution is 8.01. The molecule has 0 bridgehead atoms. The second-order valence-electron chi connectivity index (χ2n) is 5.44. The summed E-state index contributed by atoms with van der Waals surface area (Å²) in [6, 6.07) is 0. The van der Waals surface area contributed by atoms with E-state index in [2.05, 4.69) is 53.2 Å². The summed E-state index contributed by atoms with van der Waals surface area (Å²) in [5.74, 6) is 1.45. The van der Waals surface area contributed by atoms with Gasteiger partial charge in [0.1, 0.15) is 5.82 Å². The summed E-state index contributed by atoms with van der Waals surface area (Å²) in [4.78, 5) is 0. The highest BCUT2D eigenvalue weighted by Crippen LogP contribution is 2.36. The Morgan fingerprint density at radius 1 is 1.29 bits per heavy atom. The number of thioether (sulfide) groups is 1. The van der Waals surface area contributed by atoms with E-state index in [9.17, 15) is 0 Å². The average Bonchev–Trinajstić information content (AvgIpc) is 2.94. The molecule has 0 amide bonds. The third-order valence-electron chi connectivity index (χ3n) is 2.68. The molecule has 2 aromatic rings. The number of rotatable bonds is 4. The van der Waals surface area contributed by atoms with Crippen LogP contribution in [0.3, 0.4) is 0 Å². The summed E-state index contributed by atoms with van der Waals surface area (Å²) in [6.45, 7) is 8.26. The molecule has 0 aliphatic carbocycles. The molecule has 0 saturated heterocycles. The normalized spacial score (nSPS) is 12.4. The van der Waals surface area contributed by atoms with Gasteiger partial charge in [0.25, 0.3) is 5.13 Å². The van der Waals surface area contributed by atoms with Crippen molar-refractivity contribution in [1.29, 1.82) is 0 Å². The van der Waals surface area contributed by atoms with Gasteiger partial charge >= 0.3 is 0 Å². The van der Waals surface area contributed by atoms with Crippen molar-refractivity contribution in [2.24, 2.45) is 17.3 Å². The predicted molar refractivity (Wildman–Crippen MR) is 86.8 cm³/mol. The number of hydrogen-bond donors (Lipinski definition) is 1. The van der Waals surface area contributed by atoms with Crippen LogP contribution in [0.4, 0.5) is 16.6 Å². The molecule has 2 heterocycles. The fourth-order valence-electron chi connectivity index (χ4n) is 1.65. The van der Waals surface area contributed by atoms with Gasteiger partial charge in [-0.3, -0.25) is 4.68 Å². The highest BCUT2D eigenvalue weighted by Gasteiger charge is 2.25.